The SMILES string of the molecule is CCC=C=C(C=CCCC)C=C(C)C. The Balaban J connectivity index is 4.58. The van der Waals surface area contributed by atoms with E-state index in [1.54, 1.807) is 0 Å². The molecule has 0 saturated heterocycles. The molecule has 0 aliphatic heterocycles. The second-order valence-corrected chi connectivity index (χ2v) is 3.62. The normalized spacial score (nSPS) is 9.71. The molecule has 0 aromatic carbocycles. The van der Waals surface area contributed by atoms with Crippen LogP contribution in [0.1, 0.15) is 47.0 Å². The third kappa shape index (κ3) is 7.64. The fourth-order valence-electron chi connectivity index (χ4n) is 1.05. The average Bonchev–Trinajstić information content (AvgIpc) is 2.13. The van der Waals surface area contributed by atoms with Crippen molar-refractivity contribution in [3.63, 3.8) is 0 Å². The predicted octanol–water partition coefficient (Wildman–Crippen LogP) is 4.80. The summed E-state index contributed by atoms with van der Waals surface area (Å²) in [6.07, 6.45) is 12.0. The fourth-order valence-corrected chi connectivity index (χ4v) is 1.05. The van der Waals surface area contributed by atoms with E-state index in [1.807, 2.05) is 0 Å². The van der Waals surface area contributed by atoms with Crippen LogP contribution in [-0.4, -0.2) is 0 Å². The Morgan fingerprint density at radius 3 is 2.43 bits per heavy atom. The number of rotatable bonds is 5. The van der Waals surface area contributed by atoms with Crippen molar-refractivity contribution >= 4 is 0 Å². The number of hydrogen-bond acceptors (Lipinski definition) is 0. The first kappa shape index (κ1) is 13.0. The Morgan fingerprint density at radius 2 is 1.93 bits per heavy atom. The molecule has 0 aliphatic carbocycles. The molecular formula is C14H22. The summed E-state index contributed by atoms with van der Waals surface area (Å²) in [5.74, 6) is 0. The lowest BCUT2D eigenvalue weighted by molar-refractivity contribution is 0.958. The first-order chi connectivity index (χ1) is 6.70. The minimum absolute atomic E-state index is 1.04. The summed E-state index contributed by atoms with van der Waals surface area (Å²) in [5.41, 5.74) is 5.79. The molecule has 0 aliphatic rings. The minimum Gasteiger partial charge on any atom is -0.117 e. The van der Waals surface area contributed by atoms with Crippen LogP contribution < -0.4 is 0 Å². The lowest BCUT2D eigenvalue weighted by Crippen LogP contribution is -1.72. The first-order valence-electron chi connectivity index (χ1n) is 5.47. The highest BCUT2D eigenvalue weighted by atomic mass is 13.9. The van der Waals surface area contributed by atoms with Gasteiger partial charge in [0.05, 0.1) is 0 Å². The van der Waals surface area contributed by atoms with E-state index in [9.17, 15) is 0 Å². The van der Waals surface area contributed by atoms with E-state index in [2.05, 4.69) is 57.7 Å². The molecule has 0 heterocycles. The second kappa shape index (κ2) is 8.59. The van der Waals surface area contributed by atoms with Crippen molar-refractivity contribution in [2.24, 2.45) is 0 Å². The predicted molar refractivity (Wildman–Crippen MR) is 65.4 cm³/mol. The zero-order valence-corrected chi connectivity index (χ0v) is 9.93. The Bertz CT molecular complexity index is 254. The maximum atomic E-state index is 3.29. The lowest BCUT2D eigenvalue weighted by Gasteiger charge is -1.92. The Labute approximate surface area is 88.7 Å². The molecule has 0 fully saturated rings. The van der Waals surface area contributed by atoms with Gasteiger partial charge in [0.1, 0.15) is 0 Å². The van der Waals surface area contributed by atoms with Gasteiger partial charge >= 0.3 is 0 Å². The van der Waals surface area contributed by atoms with Gasteiger partial charge in [-0.25, -0.2) is 0 Å². The molecule has 14 heavy (non-hydrogen) atoms. The maximum absolute atomic E-state index is 3.29. The van der Waals surface area contributed by atoms with Crippen molar-refractivity contribution in [3.05, 3.63) is 41.2 Å². The molecule has 0 N–H and O–H groups in total. The zero-order chi connectivity index (χ0) is 10.8. The molecule has 0 bridgehead atoms. The van der Waals surface area contributed by atoms with Crippen LogP contribution in [0.4, 0.5) is 0 Å². The average molecular weight is 190 g/mol. The molecule has 0 spiro atoms. The van der Waals surface area contributed by atoms with Crippen molar-refractivity contribution in [3.8, 4) is 0 Å². The van der Waals surface area contributed by atoms with Crippen LogP contribution in [0.3, 0.4) is 0 Å². The van der Waals surface area contributed by atoms with Gasteiger partial charge in [0.15, 0.2) is 0 Å². The quantitative estimate of drug-likeness (QED) is 0.431. The number of allylic oxidation sites excluding steroid dienone is 5. The summed E-state index contributed by atoms with van der Waals surface area (Å²) in [7, 11) is 0. The van der Waals surface area contributed by atoms with Crippen LogP contribution >= 0.6 is 0 Å². The summed E-state index contributed by atoms with van der Waals surface area (Å²) in [4.78, 5) is 0. The van der Waals surface area contributed by atoms with Gasteiger partial charge in [-0.15, -0.1) is 5.73 Å². The van der Waals surface area contributed by atoms with E-state index >= 15 is 0 Å². The van der Waals surface area contributed by atoms with Crippen LogP contribution in [0.15, 0.2) is 41.2 Å². The fraction of sp³-hybridized carbons (Fsp3) is 0.500. The Kier molecular flexibility index (Phi) is 7.98. The van der Waals surface area contributed by atoms with Crippen LogP contribution in [-0.2, 0) is 0 Å². The van der Waals surface area contributed by atoms with Gasteiger partial charge in [-0.1, -0.05) is 38.0 Å². The first-order valence-corrected chi connectivity index (χ1v) is 5.47. The van der Waals surface area contributed by atoms with Crippen molar-refractivity contribution in [1.82, 2.24) is 0 Å². The summed E-state index contributed by atoms with van der Waals surface area (Å²) < 4.78 is 0. The van der Waals surface area contributed by atoms with Gasteiger partial charge in [0.25, 0.3) is 0 Å². The van der Waals surface area contributed by atoms with Gasteiger partial charge in [-0.2, -0.15) is 0 Å². The molecule has 0 rings (SSSR count). The van der Waals surface area contributed by atoms with Gasteiger partial charge in [0, 0.05) is 5.57 Å². The van der Waals surface area contributed by atoms with E-state index < -0.39 is 0 Å². The molecule has 0 aromatic rings. The zero-order valence-electron chi connectivity index (χ0n) is 9.93. The smallest absolute Gasteiger partial charge is 0.0157 e. The van der Waals surface area contributed by atoms with Crippen molar-refractivity contribution < 1.29 is 0 Å². The van der Waals surface area contributed by atoms with E-state index in [4.69, 9.17) is 0 Å². The number of hydrogen-bond donors (Lipinski definition) is 0. The molecule has 78 valence electrons. The van der Waals surface area contributed by atoms with Gasteiger partial charge in [-0.05, 0) is 38.8 Å². The molecule has 0 heteroatoms. The van der Waals surface area contributed by atoms with Gasteiger partial charge in [0.2, 0.25) is 0 Å². The molecule has 0 nitrogen and oxygen atoms in total. The maximum Gasteiger partial charge on any atom is 0.0157 e. The third-order valence-corrected chi connectivity index (χ3v) is 1.67. The van der Waals surface area contributed by atoms with E-state index in [-0.39, 0.29) is 0 Å². The largest absolute Gasteiger partial charge is 0.117 e. The van der Waals surface area contributed by atoms with Crippen molar-refractivity contribution in [2.45, 2.75) is 47.0 Å². The van der Waals surface area contributed by atoms with Crippen LogP contribution in [0.2, 0.25) is 0 Å². The molecular weight excluding hydrogens is 168 g/mol. The van der Waals surface area contributed by atoms with Gasteiger partial charge < -0.3 is 0 Å². The van der Waals surface area contributed by atoms with Crippen molar-refractivity contribution in [2.75, 3.05) is 0 Å². The van der Waals surface area contributed by atoms with E-state index in [1.165, 1.54) is 17.6 Å². The molecule has 0 aromatic heterocycles. The second-order valence-electron chi connectivity index (χ2n) is 3.62. The van der Waals surface area contributed by atoms with E-state index in [0.717, 1.165) is 12.8 Å². The number of unbranched alkanes of at least 4 members (excludes halogenated alkanes) is 1. The summed E-state index contributed by atoms with van der Waals surface area (Å²) in [6, 6.07) is 0. The standard InChI is InChI=1S/C14H22/c1-5-7-9-11-14(10-8-6-2)12-13(3)4/h8-9,11-12H,5-7H2,1-4H3. The highest BCUT2D eigenvalue weighted by Gasteiger charge is 1.84. The Morgan fingerprint density at radius 1 is 1.21 bits per heavy atom. The van der Waals surface area contributed by atoms with Gasteiger partial charge in [-0.3, -0.25) is 0 Å². The summed E-state index contributed by atoms with van der Waals surface area (Å²) in [6.45, 7) is 8.54. The highest BCUT2D eigenvalue weighted by Crippen LogP contribution is 2.04. The highest BCUT2D eigenvalue weighted by molar-refractivity contribution is 5.31. The monoisotopic (exact) mass is 190 g/mol. The lowest BCUT2D eigenvalue weighted by atomic mass is 10.1. The topological polar surface area (TPSA) is 0 Å². The molecule has 0 atom stereocenters. The molecule has 0 amide bonds. The van der Waals surface area contributed by atoms with Crippen LogP contribution in [0.25, 0.3) is 0 Å². The Hall–Kier alpha value is -1.00. The van der Waals surface area contributed by atoms with Crippen molar-refractivity contribution in [1.29, 1.82) is 0 Å². The van der Waals surface area contributed by atoms with Crippen LogP contribution in [0.5, 0.6) is 0 Å². The van der Waals surface area contributed by atoms with E-state index in [0.29, 0.717) is 0 Å². The molecule has 0 saturated carbocycles. The molecule has 0 radical (unpaired) electrons. The molecule has 0 unspecified atom stereocenters. The summed E-state index contributed by atoms with van der Waals surface area (Å²) >= 11 is 0. The minimum atomic E-state index is 1.04. The summed E-state index contributed by atoms with van der Waals surface area (Å²) in [5, 5.41) is 0. The third-order valence-electron chi connectivity index (χ3n) is 1.67. The van der Waals surface area contributed by atoms with Crippen LogP contribution in [0, 0.1) is 0 Å².